The van der Waals surface area contributed by atoms with Gasteiger partial charge in [0.25, 0.3) is 5.91 Å². The summed E-state index contributed by atoms with van der Waals surface area (Å²) in [6, 6.07) is 6.62. The number of nitrogens with zero attached hydrogens (tertiary/aromatic N) is 1. The smallest absolute Gasteiger partial charge is 0.253 e. The summed E-state index contributed by atoms with van der Waals surface area (Å²) in [5.41, 5.74) is 0.389. The van der Waals surface area contributed by atoms with Crippen molar-refractivity contribution in [3.05, 3.63) is 29.8 Å². The van der Waals surface area contributed by atoms with Gasteiger partial charge in [-0.3, -0.25) is 9.59 Å². The van der Waals surface area contributed by atoms with Gasteiger partial charge in [-0.2, -0.15) is 0 Å². The molecule has 1 aliphatic heterocycles. The summed E-state index contributed by atoms with van der Waals surface area (Å²) in [5.74, 6) is -0.354. The first-order valence-corrected chi connectivity index (χ1v) is 10.2. The van der Waals surface area contributed by atoms with E-state index in [2.05, 4.69) is 10.0 Å². The largest absolute Gasteiger partial charge is 0.385 e. The lowest BCUT2D eigenvalue weighted by atomic mass is 9.96. The number of sulfonamides is 1. The molecule has 1 heterocycles. The van der Waals surface area contributed by atoms with Crippen LogP contribution in [0, 0.1) is 0 Å². The van der Waals surface area contributed by atoms with Crippen LogP contribution < -0.4 is 10.0 Å². The van der Waals surface area contributed by atoms with Crippen LogP contribution in [0.5, 0.6) is 0 Å². The Hall–Kier alpha value is -1.97. The van der Waals surface area contributed by atoms with E-state index in [-0.39, 0.29) is 18.4 Å². The monoisotopic (exact) mass is 383 g/mol. The predicted octanol–water partition coefficient (Wildman–Crippen LogP) is 0.815. The molecule has 0 aromatic heterocycles. The fourth-order valence-electron chi connectivity index (χ4n) is 3.16. The van der Waals surface area contributed by atoms with Crippen LogP contribution in [0.15, 0.2) is 24.3 Å². The van der Waals surface area contributed by atoms with Crippen molar-refractivity contribution in [3.63, 3.8) is 0 Å². The Morgan fingerprint density at radius 1 is 1.27 bits per heavy atom. The average Bonchev–Trinajstić information content (AvgIpc) is 2.95. The zero-order valence-corrected chi connectivity index (χ0v) is 16.1. The fraction of sp³-hybridized carbons (Fsp3) is 0.529. The van der Waals surface area contributed by atoms with Crippen molar-refractivity contribution in [2.45, 2.75) is 25.3 Å². The molecular formula is C17H25N3O5S. The van der Waals surface area contributed by atoms with Crippen LogP contribution in [0.2, 0.25) is 0 Å². The molecule has 1 saturated heterocycles. The van der Waals surface area contributed by atoms with Gasteiger partial charge in [-0.1, -0.05) is 0 Å². The second kappa shape index (κ2) is 8.15. The van der Waals surface area contributed by atoms with Gasteiger partial charge in [0.15, 0.2) is 0 Å². The van der Waals surface area contributed by atoms with Crippen molar-refractivity contribution in [3.8, 4) is 0 Å². The molecule has 2 N–H and O–H groups in total. The van der Waals surface area contributed by atoms with Crippen molar-refractivity contribution >= 4 is 27.5 Å². The molecule has 1 unspecified atom stereocenters. The van der Waals surface area contributed by atoms with Crippen molar-refractivity contribution in [1.82, 2.24) is 9.62 Å². The number of likely N-dealkylation sites (tertiary alicyclic amines) is 1. The molecule has 0 aliphatic carbocycles. The lowest BCUT2D eigenvalue weighted by molar-refractivity contribution is -0.114. The number of carbonyl (C=O) groups excluding carboxylic acids is 2. The second-order valence-electron chi connectivity index (χ2n) is 6.63. The van der Waals surface area contributed by atoms with Crippen LogP contribution in [0.4, 0.5) is 5.69 Å². The summed E-state index contributed by atoms with van der Waals surface area (Å²) in [5, 5.41) is 2.65. The predicted molar refractivity (Wildman–Crippen MR) is 98.5 cm³/mol. The maximum atomic E-state index is 12.7. The Kier molecular flexibility index (Phi) is 6.38. The van der Waals surface area contributed by atoms with E-state index in [1.165, 1.54) is 6.92 Å². The minimum Gasteiger partial charge on any atom is -0.385 e. The molecule has 9 heteroatoms. The van der Waals surface area contributed by atoms with E-state index >= 15 is 0 Å². The molecule has 2 rings (SSSR count). The number of rotatable bonds is 7. The SMILES string of the molecule is COCCC1(NS(C)(=O)=O)CCN(C(=O)c2ccc(NC(C)=O)cc2)C1. The molecule has 1 aromatic carbocycles. The molecule has 0 radical (unpaired) electrons. The quantitative estimate of drug-likeness (QED) is 0.725. The zero-order chi connectivity index (χ0) is 19.4. The maximum absolute atomic E-state index is 12.7. The van der Waals surface area contributed by atoms with E-state index in [0.717, 1.165) is 6.26 Å². The van der Waals surface area contributed by atoms with Gasteiger partial charge in [0, 0.05) is 45.0 Å². The molecule has 1 fully saturated rings. The van der Waals surface area contributed by atoms with Crippen molar-refractivity contribution in [2.24, 2.45) is 0 Å². The van der Waals surface area contributed by atoms with Crippen molar-refractivity contribution < 1.29 is 22.7 Å². The number of carbonyl (C=O) groups is 2. The standard InChI is InChI=1S/C17H25N3O5S/c1-13(21)18-15-6-4-14(5-7-15)16(22)20-10-8-17(12-20,9-11-25-2)19-26(3,23)24/h4-7,19H,8-12H2,1-3H3,(H,18,21). The molecule has 2 amide bonds. The topological polar surface area (TPSA) is 105 Å². The molecule has 0 bridgehead atoms. The Balaban J connectivity index is 2.11. The van der Waals surface area contributed by atoms with Gasteiger partial charge in [0.05, 0.1) is 11.8 Å². The van der Waals surface area contributed by atoms with Crippen LogP contribution >= 0.6 is 0 Å². The van der Waals surface area contributed by atoms with Gasteiger partial charge in [0.1, 0.15) is 0 Å². The Morgan fingerprint density at radius 2 is 1.92 bits per heavy atom. The van der Waals surface area contributed by atoms with Crippen molar-refractivity contribution in [2.75, 3.05) is 38.4 Å². The number of ether oxygens (including phenoxy) is 1. The molecule has 8 nitrogen and oxygen atoms in total. The van der Waals surface area contributed by atoms with Gasteiger partial charge in [-0.15, -0.1) is 0 Å². The minimum absolute atomic E-state index is 0.172. The lowest BCUT2D eigenvalue weighted by Crippen LogP contribution is -2.51. The first-order chi connectivity index (χ1) is 12.1. The average molecular weight is 383 g/mol. The Labute approximate surface area is 153 Å². The number of methoxy groups -OCH3 is 1. The highest BCUT2D eigenvalue weighted by atomic mass is 32.2. The van der Waals surface area contributed by atoms with E-state index in [9.17, 15) is 18.0 Å². The van der Waals surface area contributed by atoms with Crippen LogP contribution in [0.25, 0.3) is 0 Å². The third kappa shape index (κ3) is 5.52. The molecule has 0 saturated carbocycles. The number of hydrogen-bond acceptors (Lipinski definition) is 5. The van der Waals surface area contributed by atoms with Gasteiger partial charge in [0.2, 0.25) is 15.9 Å². The van der Waals surface area contributed by atoms with Gasteiger partial charge >= 0.3 is 0 Å². The molecule has 1 atom stereocenters. The summed E-state index contributed by atoms with van der Waals surface area (Å²) in [4.78, 5) is 25.4. The van der Waals surface area contributed by atoms with Gasteiger partial charge in [-0.25, -0.2) is 13.1 Å². The number of hydrogen-bond donors (Lipinski definition) is 2. The summed E-state index contributed by atoms with van der Waals surface area (Å²) < 4.78 is 31.3. The zero-order valence-electron chi connectivity index (χ0n) is 15.2. The molecule has 144 valence electrons. The summed E-state index contributed by atoms with van der Waals surface area (Å²) in [6.45, 7) is 2.56. The first-order valence-electron chi connectivity index (χ1n) is 8.29. The fourth-order valence-corrected chi connectivity index (χ4v) is 4.21. The van der Waals surface area contributed by atoms with E-state index < -0.39 is 15.6 Å². The highest BCUT2D eigenvalue weighted by Gasteiger charge is 2.41. The third-order valence-electron chi connectivity index (χ3n) is 4.28. The highest BCUT2D eigenvalue weighted by Crippen LogP contribution is 2.27. The molecule has 1 aliphatic rings. The molecule has 26 heavy (non-hydrogen) atoms. The van der Waals surface area contributed by atoms with Gasteiger partial charge in [-0.05, 0) is 37.1 Å². The first kappa shape index (κ1) is 20.3. The van der Waals surface area contributed by atoms with E-state index in [4.69, 9.17) is 4.74 Å². The normalized spacial score (nSPS) is 20.2. The van der Waals surface area contributed by atoms with E-state index in [0.29, 0.717) is 37.2 Å². The van der Waals surface area contributed by atoms with Crippen LogP contribution in [-0.4, -0.2) is 63.7 Å². The van der Waals surface area contributed by atoms with E-state index in [1.54, 1.807) is 36.3 Å². The molecule has 1 aromatic rings. The van der Waals surface area contributed by atoms with E-state index in [1.807, 2.05) is 0 Å². The number of anilines is 1. The third-order valence-corrected chi connectivity index (χ3v) is 5.08. The number of benzene rings is 1. The van der Waals surface area contributed by atoms with Gasteiger partial charge < -0.3 is 15.0 Å². The maximum Gasteiger partial charge on any atom is 0.253 e. The summed E-state index contributed by atoms with van der Waals surface area (Å²) in [7, 11) is -1.85. The van der Waals surface area contributed by atoms with Crippen LogP contribution in [-0.2, 0) is 19.6 Å². The number of nitrogens with one attached hydrogen (secondary N) is 2. The van der Waals surface area contributed by atoms with Crippen LogP contribution in [0.1, 0.15) is 30.1 Å². The highest BCUT2D eigenvalue weighted by molar-refractivity contribution is 7.88. The van der Waals surface area contributed by atoms with Crippen LogP contribution in [0.3, 0.4) is 0 Å². The van der Waals surface area contributed by atoms with Crippen molar-refractivity contribution in [1.29, 1.82) is 0 Å². The molecular weight excluding hydrogens is 358 g/mol. The Morgan fingerprint density at radius 3 is 2.46 bits per heavy atom. The molecule has 0 spiro atoms. The minimum atomic E-state index is -3.41. The number of amides is 2. The lowest BCUT2D eigenvalue weighted by Gasteiger charge is -2.29. The Bertz CT molecular complexity index is 763. The summed E-state index contributed by atoms with van der Waals surface area (Å²) in [6.07, 6.45) is 2.13. The summed E-state index contributed by atoms with van der Waals surface area (Å²) >= 11 is 0. The second-order valence-corrected chi connectivity index (χ2v) is 8.38.